The molecule has 162 valence electrons. The van der Waals surface area contributed by atoms with Crippen molar-refractivity contribution < 1.29 is 13.9 Å². The van der Waals surface area contributed by atoms with E-state index in [0.717, 1.165) is 28.1 Å². The molecule has 1 amide bonds. The minimum absolute atomic E-state index is 0.245. The highest BCUT2D eigenvalue weighted by Crippen LogP contribution is 2.30. The van der Waals surface area contributed by atoms with Crippen molar-refractivity contribution in [2.75, 3.05) is 5.32 Å². The maximum atomic E-state index is 13.2. The van der Waals surface area contributed by atoms with Crippen LogP contribution in [-0.2, 0) is 11.2 Å². The molecule has 0 aliphatic carbocycles. The Bertz CT molecular complexity index is 1380. The van der Waals surface area contributed by atoms with E-state index in [1.54, 1.807) is 30.3 Å². The van der Waals surface area contributed by atoms with Gasteiger partial charge in [0, 0.05) is 33.8 Å². The fraction of sp³-hybridized carbons (Fsp3) is 0.0370. The molecule has 6 heteroatoms. The lowest BCUT2D eigenvalue weighted by Gasteiger charge is -2.17. The third-order valence-corrected chi connectivity index (χ3v) is 5.56. The van der Waals surface area contributed by atoms with E-state index < -0.39 is 0 Å². The Morgan fingerprint density at radius 2 is 1.67 bits per heavy atom. The van der Waals surface area contributed by atoms with Crippen molar-refractivity contribution in [3.05, 3.63) is 113 Å². The van der Waals surface area contributed by atoms with Gasteiger partial charge in [-0.25, -0.2) is 9.37 Å². The van der Waals surface area contributed by atoms with Gasteiger partial charge in [0.15, 0.2) is 0 Å². The summed E-state index contributed by atoms with van der Waals surface area (Å²) in [6, 6.07) is 24.7. The summed E-state index contributed by atoms with van der Waals surface area (Å²) in [5, 5.41) is 3.53. The Balaban J connectivity index is 1.35. The SMILES string of the molecule is O=C(Nc1cccc(-c2cccc(-c3ccc(F)cc3)n2)c1)C1=COc2ccc(Cl)cc2C1. The van der Waals surface area contributed by atoms with Gasteiger partial charge in [-0.15, -0.1) is 0 Å². The number of hydrogen-bond acceptors (Lipinski definition) is 3. The quantitative estimate of drug-likeness (QED) is 0.373. The smallest absolute Gasteiger partial charge is 0.255 e. The Labute approximate surface area is 195 Å². The van der Waals surface area contributed by atoms with Gasteiger partial charge >= 0.3 is 0 Å². The molecule has 0 unspecified atom stereocenters. The number of halogens is 2. The normalized spacial score (nSPS) is 12.4. The first-order valence-corrected chi connectivity index (χ1v) is 10.7. The standard InChI is InChI=1S/C27H18ClFN2O2/c28-21-9-12-26-19(14-21)13-20(16-33-26)27(32)30-23-4-1-3-18(15-23)25-6-2-5-24(31-25)17-7-10-22(29)11-8-17/h1-12,14-16H,13H2,(H,30,32). The lowest BCUT2D eigenvalue weighted by atomic mass is 10.0. The molecule has 0 saturated heterocycles. The van der Waals surface area contributed by atoms with Crippen LogP contribution in [0.2, 0.25) is 5.02 Å². The summed E-state index contributed by atoms with van der Waals surface area (Å²) in [5.41, 5.74) is 5.18. The molecule has 3 aromatic carbocycles. The van der Waals surface area contributed by atoms with Crippen LogP contribution in [-0.4, -0.2) is 10.9 Å². The van der Waals surface area contributed by atoms with Gasteiger partial charge in [0.25, 0.3) is 5.91 Å². The first kappa shape index (κ1) is 20.9. The van der Waals surface area contributed by atoms with Crippen LogP contribution in [0.25, 0.3) is 22.5 Å². The zero-order chi connectivity index (χ0) is 22.8. The van der Waals surface area contributed by atoms with Crippen LogP contribution in [0.5, 0.6) is 5.75 Å². The van der Waals surface area contributed by atoms with Gasteiger partial charge in [0.2, 0.25) is 0 Å². The van der Waals surface area contributed by atoms with Gasteiger partial charge in [-0.3, -0.25) is 4.79 Å². The maximum absolute atomic E-state index is 13.2. The molecule has 0 bridgehead atoms. The number of rotatable bonds is 4. The lowest BCUT2D eigenvalue weighted by Crippen LogP contribution is -2.19. The molecule has 0 fully saturated rings. The number of carbonyl (C=O) groups excluding carboxylic acids is 1. The molecule has 0 saturated carbocycles. The Kier molecular flexibility index (Phi) is 5.63. The van der Waals surface area contributed by atoms with E-state index in [4.69, 9.17) is 21.3 Å². The van der Waals surface area contributed by atoms with E-state index in [0.29, 0.717) is 28.5 Å². The van der Waals surface area contributed by atoms with E-state index in [9.17, 15) is 9.18 Å². The summed E-state index contributed by atoms with van der Waals surface area (Å²) in [6.45, 7) is 0. The van der Waals surface area contributed by atoms with Gasteiger partial charge in [-0.05, 0) is 66.7 Å². The Morgan fingerprint density at radius 1 is 0.909 bits per heavy atom. The number of aromatic nitrogens is 1. The molecule has 1 aliphatic rings. The van der Waals surface area contributed by atoms with Crippen LogP contribution in [0.15, 0.2) is 96.8 Å². The predicted octanol–water partition coefficient (Wildman–Crippen LogP) is 6.67. The average molecular weight is 457 g/mol. The second-order valence-corrected chi connectivity index (χ2v) is 8.08. The molecule has 2 heterocycles. The summed E-state index contributed by atoms with van der Waals surface area (Å²) in [7, 11) is 0. The van der Waals surface area contributed by atoms with Crippen molar-refractivity contribution in [2.24, 2.45) is 0 Å². The van der Waals surface area contributed by atoms with E-state index >= 15 is 0 Å². The molecule has 0 radical (unpaired) electrons. The van der Waals surface area contributed by atoms with E-state index in [1.165, 1.54) is 18.4 Å². The Morgan fingerprint density at radius 3 is 2.48 bits per heavy atom. The van der Waals surface area contributed by atoms with Crippen LogP contribution < -0.4 is 10.1 Å². The molecular formula is C27H18ClFN2O2. The van der Waals surface area contributed by atoms with Crippen molar-refractivity contribution in [2.45, 2.75) is 6.42 Å². The molecule has 0 spiro atoms. The van der Waals surface area contributed by atoms with Gasteiger partial charge in [0.1, 0.15) is 17.8 Å². The molecule has 4 aromatic rings. The third kappa shape index (κ3) is 4.64. The first-order chi connectivity index (χ1) is 16.0. The number of anilines is 1. The summed E-state index contributed by atoms with van der Waals surface area (Å²) in [5.74, 6) is 0.166. The van der Waals surface area contributed by atoms with E-state index in [2.05, 4.69) is 5.32 Å². The zero-order valence-corrected chi connectivity index (χ0v) is 18.1. The molecular weight excluding hydrogens is 439 g/mol. The highest BCUT2D eigenvalue weighted by atomic mass is 35.5. The number of fused-ring (bicyclic) bond motifs is 1. The van der Waals surface area contributed by atoms with Crippen molar-refractivity contribution in [1.29, 1.82) is 0 Å². The van der Waals surface area contributed by atoms with Gasteiger partial charge in [0.05, 0.1) is 17.0 Å². The zero-order valence-electron chi connectivity index (χ0n) is 17.4. The van der Waals surface area contributed by atoms with Gasteiger partial charge in [-0.1, -0.05) is 29.8 Å². The number of benzene rings is 3. The van der Waals surface area contributed by atoms with Gasteiger partial charge < -0.3 is 10.1 Å². The summed E-state index contributed by atoms with van der Waals surface area (Å²) < 4.78 is 18.8. The minimum Gasteiger partial charge on any atom is -0.464 e. The topological polar surface area (TPSA) is 51.2 Å². The monoisotopic (exact) mass is 456 g/mol. The number of pyridine rings is 1. The number of ether oxygens (including phenoxy) is 1. The minimum atomic E-state index is -0.289. The second-order valence-electron chi connectivity index (χ2n) is 7.64. The molecule has 5 rings (SSSR count). The number of hydrogen-bond donors (Lipinski definition) is 1. The molecule has 33 heavy (non-hydrogen) atoms. The summed E-state index contributed by atoms with van der Waals surface area (Å²) >= 11 is 6.07. The van der Waals surface area contributed by atoms with E-state index in [1.807, 2.05) is 42.5 Å². The van der Waals surface area contributed by atoms with Crippen LogP contribution in [0.3, 0.4) is 0 Å². The highest BCUT2D eigenvalue weighted by Gasteiger charge is 2.19. The van der Waals surface area contributed by atoms with Crippen molar-refractivity contribution in [3.63, 3.8) is 0 Å². The van der Waals surface area contributed by atoms with Crippen LogP contribution >= 0.6 is 11.6 Å². The second kappa shape index (κ2) is 8.88. The maximum Gasteiger partial charge on any atom is 0.255 e. The predicted molar refractivity (Wildman–Crippen MR) is 128 cm³/mol. The average Bonchev–Trinajstić information content (AvgIpc) is 2.84. The van der Waals surface area contributed by atoms with Crippen molar-refractivity contribution >= 4 is 23.2 Å². The van der Waals surface area contributed by atoms with Crippen LogP contribution in [0.1, 0.15) is 5.56 Å². The lowest BCUT2D eigenvalue weighted by molar-refractivity contribution is -0.113. The fourth-order valence-electron chi connectivity index (χ4n) is 3.66. The number of carbonyl (C=O) groups is 1. The van der Waals surface area contributed by atoms with Crippen molar-refractivity contribution in [3.8, 4) is 28.3 Å². The summed E-state index contributed by atoms with van der Waals surface area (Å²) in [6.07, 6.45) is 1.91. The van der Waals surface area contributed by atoms with E-state index in [-0.39, 0.29) is 11.7 Å². The number of amides is 1. The molecule has 0 atom stereocenters. The van der Waals surface area contributed by atoms with Gasteiger partial charge in [-0.2, -0.15) is 0 Å². The third-order valence-electron chi connectivity index (χ3n) is 5.33. The molecule has 1 aromatic heterocycles. The van der Waals surface area contributed by atoms with Crippen molar-refractivity contribution in [1.82, 2.24) is 4.98 Å². The fourth-order valence-corrected chi connectivity index (χ4v) is 3.86. The molecule has 1 aliphatic heterocycles. The largest absolute Gasteiger partial charge is 0.464 e. The number of nitrogens with one attached hydrogen (secondary N) is 1. The van der Waals surface area contributed by atoms with Crippen LogP contribution in [0.4, 0.5) is 10.1 Å². The number of nitrogens with zero attached hydrogens (tertiary/aromatic N) is 1. The molecule has 1 N–H and O–H groups in total. The Hall–Kier alpha value is -3.96. The first-order valence-electron chi connectivity index (χ1n) is 10.3. The summed E-state index contributed by atoms with van der Waals surface area (Å²) in [4.78, 5) is 17.5. The highest BCUT2D eigenvalue weighted by molar-refractivity contribution is 6.30. The molecule has 4 nitrogen and oxygen atoms in total. The van der Waals surface area contributed by atoms with Crippen LogP contribution in [0, 0.1) is 5.82 Å².